The van der Waals surface area contributed by atoms with E-state index in [0.717, 1.165) is 42.8 Å². The molecule has 0 bridgehead atoms. The average Bonchev–Trinajstić information content (AvgIpc) is 2.98. The fourth-order valence-electron chi connectivity index (χ4n) is 2.34. The van der Waals surface area contributed by atoms with E-state index < -0.39 is 0 Å². The number of esters is 1. The average molecular weight is 316 g/mol. The second-order valence-corrected chi connectivity index (χ2v) is 5.39. The quantitative estimate of drug-likeness (QED) is 0.598. The van der Waals surface area contributed by atoms with Gasteiger partial charge >= 0.3 is 5.97 Å². The summed E-state index contributed by atoms with van der Waals surface area (Å²) in [6.45, 7) is 4.96. The van der Waals surface area contributed by atoms with E-state index in [-0.39, 0.29) is 5.97 Å². The number of nitrogens with two attached hydrogens (primary N) is 1. The molecule has 2 aromatic rings. The number of unbranched alkanes of at least 4 members (excludes halogenated alkanes) is 1. The van der Waals surface area contributed by atoms with Crippen molar-refractivity contribution in [2.75, 3.05) is 6.61 Å². The zero-order valence-electron chi connectivity index (χ0n) is 13.8. The van der Waals surface area contributed by atoms with Gasteiger partial charge in [0.25, 0.3) is 0 Å². The Hall–Kier alpha value is -2.21. The first-order valence-electron chi connectivity index (χ1n) is 8.12. The van der Waals surface area contributed by atoms with Crippen LogP contribution in [-0.2, 0) is 17.7 Å². The van der Waals surface area contributed by atoms with Gasteiger partial charge in [-0.2, -0.15) is 0 Å². The van der Waals surface area contributed by atoms with Gasteiger partial charge in [-0.15, -0.1) is 5.10 Å². The van der Waals surface area contributed by atoms with Gasteiger partial charge in [-0.1, -0.05) is 38.0 Å². The molecule has 2 rings (SSSR count). The first kappa shape index (κ1) is 17.1. The van der Waals surface area contributed by atoms with Crippen molar-refractivity contribution in [3.05, 3.63) is 41.2 Å². The molecule has 1 heterocycles. The minimum Gasteiger partial charge on any atom is -0.462 e. The summed E-state index contributed by atoms with van der Waals surface area (Å²) in [6, 6.07) is 7.25. The molecule has 1 aromatic carbocycles. The number of carbonyl (C=O) groups is 1. The number of benzene rings is 1. The molecule has 0 spiro atoms. The van der Waals surface area contributed by atoms with Crippen LogP contribution < -0.4 is 5.73 Å². The molecule has 0 saturated heterocycles. The van der Waals surface area contributed by atoms with Gasteiger partial charge in [0, 0.05) is 6.54 Å². The summed E-state index contributed by atoms with van der Waals surface area (Å²) in [5, 5.41) is 8.32. The summed E-state index contributed by atoms with van der Waals surface area (Å²) in [5.74, 6) is -0.309. The van der Waals surface area contributed by atoms with Gasteiger partial charge in [-0.3, -0.25) is 0 Å². The predicted octanol–water partition coefficient (Wildman–Crippen LogP) is 2.64. The Balaban J connectivity index is 2.26. The molecule has 0 saturated carbocycles. The molecule has 1 aromatic heterocycles. The Bertz CT molecular complexity index is 652. The molecule has 0 amide bonds. The Morgan fingerprint density at radius 2 is 2.13 bits per heavy atom. The maximum absolute atomic E-state index is 12.1. The predicted molar refractivity (Wildman–Crippen MR) is 88.4 cm³/mol. The van der Waals surface area contributed by atoms with Gasteiger partial charge in [0.2, 0.25) is 0 Å². The molecular formula is C17H24N4O2. The van der Waals surface area contributed by atoms with Crippen LogP contribution in [0.2, 0.25) is 0 Å². The molecule has 23 heavy (non-hydrogen) atoms. The van der Waals surface area contributed by atoms with Crippen LogP contribution in [0.4, 0.5) is 0 Å². The van der Waals surface area contributed by atoms with Crippen molar-refractivity contribution in [2.45, 2.75) is 46.1 Å². The maximum atomic E-state index is 12.1. The number of rotatable bonds is 8. The highest BCUT2D eigenvalue weighted by Gasteiger charge is 2.14. The Kier molecular flexibility index (Phi) is 6.29. The molecule has 2 N–H and O–H groups in total. The number of aromatic nitrogens is 3. The molecule has 0 unspecified atom stereocenters. The van der Waals surface area contributed by atoms with E-state index in [4.69, 9.17) is 10.5 Å². The second-order valence-electron chi connectivity index (χ2n) is 5.39. The lowest BCUT2D eigenvalue weighted by Gasteiger charge is -2.09. The normalized spacial score (nSPS) is 10.7. The molecule has 0 aliphatic carbocycles. The zero-order valence-corrected chi connectivity index (χ0v) is 13.8. The lowest BCUT2D eigenvalue weighted by atomic mass is 10.1. The third kappa shape index (κ3) is 4.16. The Morgan fingerprint density at radius 3 is 2.83 bits per heavy atom. The molecule has 124 valence electrons. The van der Waals surface area contributed by atoms with Crippen molar-refractivity contribution in [1.29, 1.82) is 0 Å². The van der Waals surface area contributed by atoms with Crippen LogP contribution in [0.5, 0.6) is 0 Å². The van der Waals surface area contributed by atoms with Crippen LogP contribution in [0.3, 0.4) is 0 Å². The van der Waals surface area contributed by atoms with Crippen molar-refractivity contribution in [3.63, 3.8) is 0 Å². The van der Waals surface area contributed by atoms with Gasteiger partial charge in [0.1, 0.15) is 0 Å². The maximum Gasteiger partial charge on any atom is 0.338 e. The van der Waals surface area contributed by atoms with E-state index in [1.807, 2.05) is 12.1 Å². The third-order valence-electron chi connectivity index (χ3n) is 3.58. The number of carbonyl (C=O) groups excluding carboxylic acids is 1. The van der Waals surface area contributed by atoms with E-state index in [1.165, 1.54) is 0 Å². The number of hydrogen-bond donors (Lipinski definition) is 1. The van der Waals surface area contributed by atoms with Crippen molar-refractivity contribution in [2.24, 2.45) is 5.73 Å². The highest BCUT2D eigenvalue weighted by Crippen LogP contribution is 2.16. The van der Waals surface area contributed by atoms with Crippen LogP contribution in [-0.4, -0.2) is 27.6 Å². The molecule has 0 aliphatic heterocycles. The highest BCUT2D eigenvalue weighted by atomic mass is 16.5. The van der Waals surface area contributed by atoms with Gasteiger partial charge < -0.3 is 10.5 Å². The molecule has 0 atom stereocenters. The number of hydrogen-bond acceptors (Lipinski definition) is 5. The summed E-state index contributed by atoms with van der Waals surface area (Å²) in [4.78, 5) is 12.1. The van der Waals surface area contributed by atoms with Crippen LogP contribution in [0.1, 0.15) is 54.9 Å². The van der Waals surface area contributed by atoms with Crippen LogP contribution in [0, 0.1) is 0 Å². The molecule has 0 fully saturated rings. The third-order valence-corrected chi connectivity index (χ3v) is 3.58. The van der Waals surface area contributed by atoms with Gasteiger partial charge in [-0.25, -0.2) is 9.48 Å². The Labute approximate surface area is 136 Å². The first-order chi connectivity index (χ1) is 11.2. The van der Waals surface area contributed by atoms with Crippen molar-refractivity contribution in [1.82, 2.24) is 15.0 Å². The summed E-state index contributed by atoms with van der Waals surface area (Å²) in [6.07, 6.45) is 3.67. The van der Waals surface area contributed by atoms with Crippen LogP contribution in [0.15, 0.2) is 24.3 Å². The smallest absolute Gasteiger partial charge is 0.338 e. The lowest BCUT2D eigenvalue weighted by Crippen LogP contribution is -2.09. The van der Waals surface area contributed by atoms with Crippen molar-refractivity contribution >= 4 is 5.97 Å². The SMILES string of the molecule is CCCCOC(=O)c1cccc(-n2nnc(CN)c2CCC)c1. The number of nitrogens with zero attached hydrogens (tertiary/aromatic N) is 3. The van der Waals surface area contributed by atoms with Gasteiger partial charge in [-0.05, 0) is 31.0 Å². The molecule has 0 radical (unpaired) electrons. The number of ether oxygens (including phenoxy) is 1. The van der Waals surface area contributed by atoms with Gasteiger partial charge in [0.05, 0.1) is 29.2 Å². The lowest BCUT2D eigenvalue weighted by molar-refractivity contribution is 0.0499. The summed E-state index contributed by atoms with van der Waals surface area (Å²) >= 11 is 0. The zero-order chi connectivity index (χ0) is 16.7. The molecular weight excluding hydrogens is 292 g/mol. The first-order valence-corrected chi connectivity index (χ1v) is 8.12. The monoisotopic (exact) mass is 316 g/mol. The topological polar surface area (TPSA) is 83.0 Å². The Morgan fingerprint density at radius 1 is 1.30 bits per heavy atom. The molecule has 6 heteroatoms. The highest BCUT2D eigenvalue weighted by molar-refractivity contribution is 5.90. The summed E-state index contributed by atoms with van der Waals surface area (Å²) < 4.78 is 7.02. The fourth-order valence-corrected chi connectivity index (χ4v) is 2.34. The van der Waals surface area contributed by atoms with Gasteiger partial charge in [0.15, 0.2) is 0 Å². The van der Waals surface area contributed by atoms with E-state index in [9.17, 15) is 4.79 Å². The minimum atomic E-state index is -0.309. The van der Waals surface area contributed by atoms with E-state index in [2.05, 4.69) is 24.2 Å². The van der Waals surface area contributed by atoms with E-state index in [0.29, 0.717) is 18.7 Å². The standard InChI is InChI=1S/C17H24N4O2/c1-3-5-10-23-17(22)13-8-6-9-14(11-13)21-16(7-4-2)15(12-18)19-20-21/h6,8-9,11H,3-5,7,10,12,18H2,1-2H3. The summed E-state index contributed by atoms with van der Waals surface area (Å²) in [5.41, 5.74) is 8.83. The minimum absolute atomic E-state index is 0.309. The molecule has 0 aliphatic rings. The summed E-state index contributed by atoms with van der Waals surface area (Å²) in [7, 11) is 0. The van der Waals surface area contributed by atoms with Crippen LogP contribution in [0.25, 0.3) is 5.69 Å². The van der Waals surface area contributed by atoms with E-state index in [1.54, 1.807) is 16.8 Å². The van der Waals surface area contributed by atoms with Crippen molar-refractivity contribution in [3.8, 4) is 5.69 Å². The largest absolute Gasteiger partial charge is 0.462 e. The van der Waals surface area contributed by atoms with E-state index >= 15 is 0 Å². The second kappa shape index (κ2) is 8.43. The molecule has 6 nitrogen and oxygen atoms in total. The van der Waals surface area contributed by atoms with Crippen molar-refractivity contribution < 1.29 is 9.53 Å². The fraction of sp³-hybridized carbons (Fsp3) is 0.471. The van der Waals surface area contributed by atoms with Crippen LogP contribution >= 0.6 is 0 Å².